The van der Waals surface area contributed by atoms with Gasteiger partial charge in [0.05, 0.1) is 12.8 Å². The number of aromatic nitrogens is 1. The molecule has 0 fully saturated rings. The summed E-state index contributed by atoms with van der Waals surface area (Å²) in [6.45, 7) is 7.09. The Morgan fingerprint density at radius 3 is 2.64 bits per heavy atom. The molecule has 1 aromatic heterocycles. The zero-order valence-corrected chi connectivity index (χ0v) is 19.7. The van der Waals surface area contributed by atoms with E-state index in [9.17, 15) is 12.8 Å². The number of aromatic amines is 1. The van der Waals surface area contributed by atoms with E-state index in [0.29, 0.717) is 25.5 Å². The van der Waals surface area contributed by atoms with Crippen molar-refractivity contribution in [2.75, 3.05) is 25.9 Å². The quantitative estimate of drug-likeness (QED) is 0.242. The molecule has 0 aliphatic rings. The van der Waals surface area contributed by atoms with E-state index in [1.165, 1.54) is 12.1 Å². The van der Waals surface area contributed by atoms with Crippen molar-refractivity contribution in [3.05, 3.63) is 35.8 Å². The molecule has 2 aromatic rings. The van der Waals surface area contributed by atoms with Crippen molar-refractivity contribution < 1.29 is 12.8 Å². The highest BCUT2D eigenvalue weighted by atomic mass is 127. The number of hydrogen-bond donors (Lipinski definition) is 4. The van der Waals surface area contributed by atoms with Gasteiger partial charge in [0.1, 0.15) is 5.82 Å². The van der Waals surface area contributed by atoms with Gasteiger partial charge in [-0.3, -0.25) is 4.99 Å². The van der Waals surface area contributed by atoms with Crippen LogP contribution in [0.5, 0.6) is 0 Å². The highest BCUT2D eigenvalue weighted by Gasteiger charge is 2.21. The normalized spacial score (nSPS) is 12.7. The van der Waals surface area contributed by atoms with Gasteiger partial charge in [0.15, 0.2) is 5.96 Å². The smallest absolute Gasteiger partial charge is 0.209 e. The lowest BCUT2D eigenvalue weighted by Crippen LogP contribution is -2.47. The number of nitrogens with zero attached hydrogens (tertiary/aromatic N) is 1. The van der Waals surface area contributed by atoms with Crippen molar-refractivity contribution in [2.24, 2.45) is 4.99 Å². The van der Waals surface area contributed by atoms with Crippen LogP contribution in [0.3, 0.4) is 0 Å². The van der Waals surface area contributed by atoms with Crippen LogP contribution in [-0.2, 0) is 16.4 Å². The first-order valence-electron chi connectivity index (χ1n) is 8.86. The van der Waals surface area contributed by atoms with Crippen molar-refractivity contribution in [1.82, 2.24) is 20.3 Å². The minimum Gasteiger partial charge on any atom is -0.361 e. The van der Waals surface area contributed by atoms with E-state index in [1.807, 2.05) is 13.1 Å². The first-order chi connectivity index (χ1) is 12.6. The van der Waals surface area contributed by atoms with Crippen LogP contribution in [0.2, 0.25) is 0 Å². The molecule has 0 amide bonds. The fourth-order valence-electron chi connectivity index (χ4n) is 2.83. The molecule has 0 atom stereocenters. The van der Waals surface area contributed by atoms with Crippen LogP contribution in [0.1, 0.15) is 26.3 Å². The average Bonchev–Trinajstić information content (AvgIpc) is 2.93. The fraction of sp³-hybridized carbons (Fsp3) is 0.500. The van der Waals surface area contributed by atoms with Crippen molar-refractivity contribution in [3.63, 3.8) is 0 Å². The monoisotopic (exact) mass is 525 g/mol. The number of rotatable bonds is 8. The maximum atomic E-state index is 13.5. The topological polar surface area (TPSA) is 98.4 Å². The summed E-state index contributed by atoms with van der Waals surface area (Å²) in [6, 6.07) is 4.69. The van der Waals surface area contributed by atoms with Crippen LogP contribution in [0.4, 0.5) is 4.39 Å². The summed E-state index contributed by atoms with van der Waals surface area (Å²) < 4.78 is 38.9. The predicted molar refractivity (Wildman–Crippen MR) is 123 cm³/mol. The maximum absolute atomic E-state index is 13.5. The van der Waals surface area contributed by atoms with Crippen molar-refractivity contribution in [3.8, 4) is 0 Å². The van der Waals surface area contributed by atoms with Crippen LogP contribution in [0.15, 0.2) is 29.4 Å². The summed E-state index contributed by atoms with van der Waals surface area (Å²) in [5, 5.41) is 7.24. The standard InChI is InChI=1S/C18H28FN5O2S.HI/c1-5-20-17(23-12-18(2,3)24-27(4,25)26)21-9-8-13-11-22-16-7-6-14(19)10-15(13)16;/h6-7,10-11,22,24H,5,8-9,12H2,1-4H3,(H2,20,21,23);1H. The van der Waals surface area contributed by atoms with Crippen LogP contribution >= 0.6 is 24.0 Å². The molecular weight excluding hydrogens is 496 g/mol. The molecule has 1 aromatic carbocycles. The van der Waals surface area contributed by atoms with Crippen LogP contribution in [-0.4, -0.2) is 50.8 Å². The third-order valence-corrected chi connectivity index (χ3v) is 4.78. The molecule has 0 unspecified atom stereocenters. The number of aliphatic imine (C=N–C) groups is 1. The first kappa shape index (κ1) is 24.6. The number of nitrogens with one attached hydrogen (secondary N) is 4. The van der Waals surface area contributed by atoms with E-state index in [1.54, 1.807) is 19.9 Å². The summed E-state index contributed by atoms with van der Waals surface area (Å²) in [5.41, 5.74) is 1.23. The van der Waals surface area contributed by atoms with Gasteiger partial charge in [0.25, 0.3) is 0 Å². The zero-order valence-electron chi connectivity index (χ0n) is 16.6. The summed E-state index contributed by atoms with van der Waals surface area (Å²) in [4.78, 5) is 7.60. The SMILES string of the molecule is CCNC(=NCC(C)(C)NS(C)(=O)=O)NCCc1c[nH]c2ccc(F)cc12.I. The first-order valence-corrected chi connectivity index (χ1v) is 10.8. The molecule has 0 bridgehead atoms. The lowest BCUT2D eigenvalue weighted by molar-refractivity contribution is 0.464. The van der Waals surface area contributed by atoms with Crippen LogP contribution in [0, 0.1) is 5.82 Å². The Balaban J connectivity index is 0.00000392. The third kappa shape index (κ3) is 7.92. The molecule has 10 heteroatoms. The van der Waals surface area contributed by atoms with E-state index in [-0.39, 0.29) is 36.3 Å². The largest absolute Gasteiger partial charge is 0.361 e. The summed E-state index contributed by atoms with van der Waals surface area (Å²) >= 11 is 0. The van der Waals surface area contributed by atoms with Gasteiger partial charge in [-0.2, -0.15) is 0 Å². The minimum atomic E-state index is -3.31. The molecular formula is C18H29FIN5O2S. The fourth-order valence-corrected chi connectivity index (χ4v) is 3.89. The molecule has 7 nitrogen and oxygen atoms in total. The minimum absolute atomic E-state index is 0. The maximum Gasteiger partial charge on any atom is 0.209 e. The molecule has 4 N–H and O–H groups in total. The number of fused-ring (bicyclic) bond motifs is 1. The molecule has 0 aliphatic carbocycles. The van der Waals surface area contributed by atoms with Gasteiger partial charge in [-0.25, -0.2) is 17.5 Å². The van der Waals surface area contributed by atoms with Gasteiger partial charge < -0.3 is 15.6 Å². The Hall–Kier alpha value is -1.40. The Labute approximate surface area is 183 Å². The highest BCUT2D eigenvalue weighted by molar-refractivity contribution is 14.0. The molecule has 1 heterocycles. The molecule has 0 saturated carbocycles. The second-order valence-electron chi connectivity index (χ2n) is 7.13. The number of H-pyrrole nitrogens is 1. The number of sulfonamides is 1. The molecule has 0 saturated heterocycles. The molecule has 28 heavy (non-hydrogen) atoms. The van der Waals surface area contributed by atoms with Crippen molar-refractivity contribution >= 4 is 50.9 Å². The van der Waals surface area contributed by atoms with Gasteiger partial charge >= 0.3 is 0 Å². The van der Waals surface area contributed by atoms with E-state index in [0.717, 1.165) is 22.7 Å². The van der Waals surface area contributed by atoms with Gasteiger partial charge in [-0.15, -0.1) is 24.0 Å². The Kier molecular flexibility index (Phi) is 9.15. The van der Waals surface area contributed by atoms with Crippen LogP contribution in [0.25, 0.3) is 10.9 Å². The average molecular weight is 525 g/mol. The van der Waals surface area contributed by atoms with Crippen molar-refractivity contribution in [2.45, 2.75) is 32.7 Å². The van der Waals surface area contributed by atoms with E-state index < -0.39 is 15.6 Å². The number of hydrogen-bond acceptors (Lipinski definition) is 3. The second-order valence-corrected chi connectivity index (χ2v) is 8.88. The number of halogens is 2. The molecule has 0 spiro atoms. The predicted octanol–water partition coefficient (Wildman–Crippen LogP) is 2.35. The Morgan fingerprint density at radius 1 is 1.29 bits per heavy atom. The zero-order chi connectivity index (χ0) is 20.1. The Morgan fingerprint density at radius 2 is 2.00 bits per heavy atom. The second kappa shape index (κ2) is 10.4. The van der Waals surface area contributed by atoms with Gasteiger partial charge in [-0.1, -0.05) is 0 Å². The Bertz CT molecular complexity index is 912. The van der Waals surface area contributed by atoms with Crippen LogP contribution < -0.4 is 15.4 Å². The molecule has 0 radical (unpaired) electrons. The van der Waals surface area contributed by atoms with Gasteiger partial charge in [0, 0.05) is 35.7 Å². The molecule has 158 valence electrons. The van der Waals surface area contributed by atoms with E-state index in [2.05, 4.69) is 25.3 Å². The van der Waals surface area contributed by atoms with E-state index in [4.69, 9.17) is 0 Å². The lowest BCUT2D eigenvalue weighted by Gasteiger charge is -2.23. The molecule has 2 rings (SSSR count). The lowest BCUT2D eigenvalue weighted by atomic mass is 10.1. The summed E-state index contributed by atoms with van der Waals surface area (Å²) in [5.74, 6) is 0.346. The van der Waals surface area contributed by atoms with E-state index >= 15 is 0 Å². The third-order valence-electron chi connectivity index (χ3n) is 3.85. The summed E-state index contributed by atoms with van der Waals surface area (Å²) in [7, 11) is -3.31. The van der Waals surface area contributed by atoms with Crippen molar-refractivity contribution in [1.29, 1.82) is 0 Å². The number of benzene rings is 1. The highest BCUT2D eigenvalue weighted by Crippen LogP contribution is 2.19. The van der Waals surface area contributed by atoms with Gasteiger partial charge in [0.2, 0.25) is 10.0 Å². The molecule has 0 aliphatic heterocycles. The van der Waals surface area contributed by atoms with Gasteiger partial charge in [-0.05, 0) is 51.0 Å². The summed E-state index contributed by atoms with van der Waals surface area (Å²) in [6.07, 6.45) is 3.71. The number of guanidine groups is 1.